The van der Waals surface area contributed by atoms with Crippen LogP contribution in [0.3, 0.4) is 0 Å². The minimum atomic E-state index is -0.464. The molecule has 0 radical (unpaired) electrons. The van der Waals surface area contributed by atoms with E-state index >= 15 is 0 Å². The number of benzene rings is 3. The van der Waals surface area contributed by atoms with Crippen LogP contribution < -0.4 is 14.8 Å². The summed E-state index contributed by atoms with van der Waals surface area (Å²) in [5.74, 6) is -0.206. The van der Waals surface area contributed by atoms with Gasteiger partial charge in [-0.05, 0) is 41.5 Å². The Kier molecular flexibility index (Phi) is 6.81. The molecule has 8 nitrogen and oxygen atoms in total. The summed E-state index contributed by atoms with van der Waals surface area (Å²) in [6.07, 6.45) is 0.916. The second kappa shape index (κ2) is 9.98. The Morgan fingerprint density at radius 2 is 1.83 bits per heavy atom. The largest absolute Gasteiger partial charge is 0.469 e. The third kappa shape index (κ3) is 4.67. The molecule has 0 amide bonds. The van der Waals surface area contributed by atoms with Crippen molar-refractivity contribution in [1.82, 2.24) is 4.58 Å². The lowest BCUT2D eigenvalue weighted by Gasteiger charge is -2.19. The molecule has 0 N–H and O–H groups in total. The molecule has 2 aromatic carbocycles. The first-order chi connectivity index (χ1) is 17.2. The van der Waals surface area contributed by atoms with Gasteiger partial charge in [-0.2, -0.15) is 4.79 Å². The molecule has 182 valence electrons. The zero-order chi connectivity index (χ0) is 26.0. The fourth-order valence-corrected chi connectivity index (χ4v) is 4.20. The van der Waals surface area contributed by atoms with Crippen LogP contribution in [0.4, 0.5) is 5.69 Å². The summed E-state index contributed by atoms with van der Waals surface area (Å²) in [7, 11) is 9.15. The Morgan fingerprint density at radius 3 is 2.50 bits per heavy atom. The highest BCUT2D eigenvalue weighted by atomic mass is 16.5. The van der Waals surface area contributed by atoms with Crippen molar-refractivity contribution >= 4 is 34.6 Å². The summed E-state index contributed by atoms with van der Waals surface area (Å²) >= 11 is 0. The third-order valence-electron chi connectivity index (χ3n) is 6.09. The summed E-state index contributed by atoms with van der Waals surface area (Å²) in [6, 6.07) is 16.9. The number of Topliss-reactive ketones (excluding diaryl/α,β-unsaturated/α-hetero) is 1. The van der Waals surface area contributed by atoms with Crippen LogP contribution in [0, 0.1) is 0 Å². The van der Waals surface area contributed by atoms with Crippen molar-refractivity contribution < 1.29 is 23.5 Å². The molecular formula is C28H27N4O4+. The molecule has 2 aliphatic rings. The van der Waals surface area contributed by atoms with Gasteiger partial charge >= 0.3 is 12.2 Å². The maximum absolute atomic E-state index is 12.9. The molecule has 1 aliphatic heterocycles. The number of nitrogens with zero attached hydrogens (tertiary/aromatic N) is 4. The summed E-state index contributed by atoms with van der Waals surface area (Å²) in [5.41, 5.74) is 13.8. The maximum Gasteiger partial charge on any atom is 0.328 e. The van der Waals surface area contributed by atoms with Gasteiger partial charge in [0.15, 0.2) is 0 Å². The number of esters is 1. The van der Waals surface area contributed by atoms with Crippen LogP contribution in [-0.4, -0.2) is 58.1 Å². The van der Waals surface area contributed by atoms with Crippen molar-refractivity contribution in [3.63, 3.8) is 0 Å². The number of hydrogen-bond donors (Lipinski definition) is 0. The van der Waals surface area contributed by atoms with Crippen molar-refractivity contribution in [2.24, 2.45) is 0 Å². The van der Waals surface area contributed by atoms with Crippen LogP contribution in [0.15, 0.2) is 59.0 Å². The zero-order valence-corrected chi connectivity index (χ0v) is 20.9. The van der Waals surface area contributed by atoms with Crippen LogP contribution in [0.25, 0.3) is 39.0 Å². The van der Waals surface area contributed by atoms with Gasteiger partial charge in [0.1, 0.15) is 25.4 Å². The number of ether oxygens (including phenoxy) is 1. The molecule has 0 unspecified atom stereocenters. The highest BCUT2D eigenvalue weighted by Gasteiger charge is 2.24. The smallest absolute Gasteiger partial charge is 0.328 e. The minimum absolute atomic E-state index is 0.0503. The van der Waals surface area contributed by atoms with Crippen LogP contribution in [0.1, 0.15) is 15.9 Å². The first-order valence-electron chi connectivity index (χ1n) is 11.3. The number of anilines is 1. The highest BCUT2D eigenvalue weighted by molar-refractivity contribution is 6.35. The third-order valence-corrected chi connectivity index (χ3v) is 6.09. The van der Waals surface area contributed by atoms with Gasteiger partial charge in [0.05, 0.1) is 19.6 Å². The average Bonchev–Trinajstić information content (AvgIpc) is 2.86. The number of carbonyl (C=O) groups is 2. The molecule has 8 heteroatoms. The van der Waals surface area contributed by atoms with E-state index in [4.69, 9.17) is 14.7 Å². The molecule has 0 atom stereocenters. The number of ketones is 1. The van der Waals surface area contributed by atoms with E-state index in [9.17, 15) is 9.59 Å². The topological polar surface area (TPSA) is 99.2 Å². The normalized spacial score (nSPS) is 10.7. The van der Waals surface area contributed by atoms with Gasteiger partial charge in [-0.3, -0.25) is 9.59 Å². The molecule has 0 saturated carbocycles. The molecule has 0 aromatic heterocycles. The standard InChI is InChI=1S/C28H27N4O4/c1-31(2)18-7-10-21-25(14-18)36-26-15-19(32(3)4)8-11-22(26)28(21)23-12-17(13-27(34)35-5)6-9-20(23)24(33)16-30-29/h6-12,14-16H,13H2,1-5H3/q+1. The fourth-order valence-electron chi connectivity index (χ4n) is 4.20. The Hall–Kier alpha value is -4.55. The van der Waals surface area contributed by atoms with E-state index in [0.717, 1.165) is 33.8 Å². The second-order valence-corrected chi connectivity index (χ2v) is 8.87. The van der Waals surface area contributed by atoms with Crippen molar-refractivity contribution in [1.29, 1.82) is 0 Å². The summed E-state index contributed by atoms with van der Waals surface area (Å²) in [6.45, 7) is 0. The predicted molar refractivity (Wildman–Crippen MR) is 139 cm³/mol. The maximum atomic E-state index is 12.9. The molecule has 0 saturated heterocycles. The van der Waals surface area contributed by atoms with Crippen molar-refractivity contribution in [3.05, 3.63) is 76.6 Å². The first-order valence-corrected chi connectivity index (χ1v) is 11.3. The van der Waals surface area contributed by atoms with Gasteiger partial charge in [0.2, 0.25) is 5.36 Å². The Bertz CT molecular complexity index is 1590. The Balaban J connectivity index is 2.15. The molecule has 1 heterocycles. The van der Waals surface area contributed by atoms with Gasteiger partial charge in [-0.1, -0.05) is 6.07 Å². The number of methoxy groups -OCH3 is 1. The number of carbonyl (C=O) groups excluding carboxylic acids is 2. The highest BCUT2D eigenvalue weighted by Crippen LogP contribution is 2.42. The van der Waals surface area contributed by atoms with E-state index < -0.39 is 5.78 Å². The number of rotatable bonds is 6. The molecule has 1 aliphatic carbocycles. The van der Waals surface area contributed by atoms with Crippen molar-refractivity contribution in [3.8, 4) is 22.5 Å². The molecule has 0 bridgehead atoms. The minimum Gasteiger partial charge on any atom is -0.469 e. The quantitative estimate of drug-likeness (QED) is 0.0795. The van der Waals surface area contributed by atoms with E-state index in [1.165, 1.54) is 7.11 Å². The lowest BCUT2D eigenvalue weighted by atomic mass is 9.88. The van der Waals surface area contributed by atoms with E-state index in [1.807, 2.05) is 80.1 Å². The molecule has 36 heavy (non-hydrogen) atoms. The van der Waals surface area contributed by atoms with Gasteiger partial charge < -0.3 is 19.6 Å². The average molecular weight is 484 g/mol. The van der Waals surface area contributed by atoms with Gasteiger partial charge in [-0.15, -0.1) is 0 Å². The van der Waals surface area contributed by atoms with Gasteiger partial charge in [-0.25, -0.2) is 4.58 Å². The number of fused-ring (bicyclic) bond motifs is 2. The van der Waals surface area contributed by atoms with Crippen LogP contribution in [0.5, 0.6) is 0 Å². The number of hydrogen-bond acceptors (Lipinski definition) is 5. The van der Waals surface area contributed by atoms with E-state index in [-0.39, 0.29) is 12.4 Å². The van der Waals surface area contributed by atoms with E-state index in [0.29, 0.717) is 28.0 Å². The van der Waals surface area contributed by atoms with Crippen LogP contribution >= 0.6 is 0 Å². The molecule has 0 fully saturated rings. The van der Waals surface area contributed by atoms with Crippen LogP contribution in [0.2, 0.25) is 0 Å². The zero-order valence-electron chi connectivity index (χ0n) is 20.9. The van der Waals surface area contributed by atoms with Gasteiger partial charge in [0.25, 0.3) is 5.78 Å². The SMILES string of the molecule is COC(=O)Cc1ccc(C(=O)C=[N+]=[N-])c(-c2c3ccc(=[N+](C)C)cc-3oc3cc(N(C)C)ccc23)c1. The lowest BCUT2D eigenvalue weighted by Crippen LogP contribution is -2.21. The monoisotopic (exact) mass is 483 g/mol. The second-order valence-electron chi connectivity index (χ2n) is 8.87. The van der Waals surface area contributed by atoms with Gasteiger partial charge in [0, 0.05) is 54.0 Å². The fraction of sp³-hybridized carbons (Fsp3) is 0.214. The van der Waals surface area contributed by atoms with Crippen molar-refractivity contribution in [2.45, 2.75) is 6.42 Å². The molecule has 0 spiro atoms. The van der Waals surface area contributed by atoms with E-state index in [1.54, 1.807) is 12.1 Å². The molecule has 2 aromatic rings. The van der Waals surface area contributed by atoms with Crippen molar-refractivity contribution in [2.75, 3.05) is 40.2 Å². The molecule has 4 rings (SSSR count). The summed E-state index contributed by atoms with van der Waals surface area (Å²) in [4.78, 5) is 29.9. The van der Waals surface area contributed by atoms with Crippen LogP contribution in [-0.2, 0) is 16.0 Å². The molecular weight excluding hydrogens is 456 g/mol. The van der Waals surface area contributed by atoms with E-state index in [2.05, 4.69) is 4.79 Å². The first kappa shape index (κ1) is 24.6. The predicted octanol–water partition coefficient (Wildman–Crippen LogP) is 3.50. The lowest BCUT2D eigenvalue weighted by molar-refractivity contribution is -0.139. The summed E-state index contributed by atoms with van der Waals surface area (Å²) < 4.78 is 13.2. The summed E-state index contributed by atoms with van der Waals surface area (Å²) in [5, 5.41) is 1.76. The Morgan fingerprint density at radius 1 is 1.06 bits per heavy atom. The Labute approximate surface area is 208 Å².